The van der Waals surface area contributed by atoms with E-state index >= 15 is 0 Å². The van der Waals surface area contributed by atoms with Crippen LogP contribution in [0.25, 0.3) is 0 Å². The van der Waals surface area contributed by atoms with Crippen molar-refractivity contribution in [2.24, 2.45) is 5.92 Å². The molecule has 0 saturated heterocycles. The highest BCUT2D eigenvalue weighted by Crippen LogP contribution is 2.30. The highest BCUT2D eigenvalue weighted by Gasteiger charge is 2.42. The SMILES string of the molecule is COC1(OCl)C=CC=CC1C(=O)O. The van der Waals surface area contributed by atoms with Gasteiger partial charge in [-0.3, -0.25) is 4.79 Å². The van der Waals surface area contributed by atoms with Crippen LogP contribution in [0.5, 0.6) is 0 Å². The minimum Gasteiger partial charge on any atom is -0.481 e. The maximum Gasteiger partial charge on any atom is 0.316 e. The second kappa shape index (κ2) is 3.91. The molecule has 0 aromatic heterocycles. The third-order valence-corrected chi connectivity index (χ3v) is 2.12. The zero-order valence-electron chi connectivity index (χ0n) is 6.94. The van der Waals surface area contributed by atoms with E-state index in [2.05, 4.69) is 4.29 Å². The molecular formula is C8H9ClO4. The molecule has 0 aromatic carbocycles. The van der Waals surface area contributed by atoms with E-state index in [0.29, 0.717) is 0 Å². The lowest BCUT2D eigenvalue weighted by atomic mass is 9.94. The summed E-state index contributed by atoms with van der Waals surface area (Å²) in [5, 5.41) is 8.83. The van der Waals surface area contributed by atoms with Gasteiger partial charge in [-0.15, -0.1) is 0 Å². The molecule has 2 unspecified atom stereocenters. The molecule has 1 aliphatic carbocycles. The predicted octanol–water partition coefficient (Wildman–Crippen LogP) is 1.33. The fourth-order valence-corrected chi connectivity index (χ4v) is 1.37. The van der Waals surface area contributed by atoms with E-state index in [9.17, 15) is 4.79 Å². The summed E-state index contributed by atoms with van der Waals surface area (Å²) >= 11 is 5.20. The van der Waals surface area contributed by atoms with Crippen molar-refractivity contribution < 1.29 is 18.9 Å². The Morgan fingerprint density at radius 2 is 2.31 bits per heavy atom. The van der Waals surface area contributed by atoms with Gasteiger partial charge in [-0.25, -0.2) is 4.29 Å². The van der Waals surface area contributed by atoms with Crippen LogP contribution in [-0.4, -0.2) is 24.0 Å². The number of methoxy groups -OCH3 is 1. The van der Waals surface area contributed by atoms with Gasteiger partial charge in [0, 0.05) is 7.11 Å². The van der Waals surface area contributed by atoms with Gasteiger partial charge < -0.3 is 9.84 Å². The van der Waals surface area contributed by atoms with E-state index in [-0.39, 0.29) is 0 Å². The van der Waals surface area contributed by atoms with Crippen molar-refractivity contribution in [3.05, 3.63) is 24.3 Å². The minimum atomic E-state index is -1.40. The van der Waals surface area contributed by atoms with Crippen LogP contribution in [0.3, 0.4) is 0 Å². The molecule has 1 N–H and O–H groups in total. The number of rotatable bonds is 3. The monoisotopic (exact) mass is 204 g/mol. The number of carboxylic acids is 1. The normalized spacial score (nSPS) is 32.0. The highest BCUT2D eigenvalue weighted by molar-refractivity contribution is 6.07. The average Bonchev–Trinajstić information content (AvgIpc) is 2.17. The summed E-state index contributed by atoms with van der Waals surface area (Å²) in [5.74, 6) is -3.38. The zero-order chi connectivity index (χ0) is 9.90. The maximum absolute atomic E-state index is 10.8. The van der Waals surface area contributed by atoms with Crippen LogP contribution in [0, 0.1) is 5.92 Å². The molecule has 72 valence electrons. The van der Waals surface area contributed by atoms with Crippen LogP contribution in [0.15, 0.2) is 24.3 Å². The van der Waals surface area contributed by atoms with E-state index < -0.39 is 17.7 Å². The van der Waals surface area contributed by atoms with Gasteiger partial charge in [-0.2, -0.15) is 0 Å². The Labute approximate surface area is 80.6 Å². The molecule has 0 heterocycles. The smallest absolute Gasteiger partial charge is 0.316 e. The number of hydrogen-bond donors (Lipinski definition) is 1. The number of allylic oxidation sites excluding steroid dienone is 2. The molecule has 0 amide bonds. The molecule has 0 aromatic rings. The van der Waals surface area contributed by atoms with Crippen molar-refractivity contribution >= 4 is 17.8 Å². The van der Waals surface area contributed by atoms with Crippen molar-refractivity contribution in [3.63, 3.8) is 0 Å². The van der Waals surface area contributed by atoms with Crippen molar-refractivity contribution in [3.8, 4) is 0 Å². The second-order valence-electron chi connectivity index (χ2n) is 2.56. The Morgan fingerprint density at radius 3 is 2.69 bits per heavy atom. The lowest BCUT2D eigenvalue weighted by Crippen LogP contribution is -2.43. The van der Waals surface area contributed by atoms with Crippen LogP contribution < -0.4 is 0 Å². The Kier molecular flexibility index (Phi) is 3.08. The first kappa shape index (κ1) is 10.2. The Morgan fingerprint density at radius 1 is 1.62 bits per heavy atom. The van der Waals surface area contributed by atoms with E-state index in [4.69, 9.17) is 21.7 Å². The van der Waals surface area contributed by atoms with Gasteiger partial charge in [0.05, 0.1) is 11.9 Å². The molecule has 0 fully saturated rings. The van der Waals surface area contributed by atoms with E-state index in [1.807, 2.05) is 0 Å². The quantitative estimate of drug-likeness (QED) is 0.705. The van der Waals surface area contributed by atoms with Crippen LogP contribution in [0.1, 0.15) is 0 Å². The molecule has 13 heavy (non-hydrogen) atoms. The number of aliphatic carboxylic acids is 1. The topological polar surface area (TPSA) is 55.8 Å². The second-order valence-corrected chi connectivity index (χ2v) is 2.72. The van der Waals surface area contributed by atoms with Gasteiger partial charge in [0.2, 0.25) is 5.79 Å². The van der Waals surface area contributed by atoms with Crippen LogP contribution >= 0.6 is 11.9 Å². The van der Waals surface area contributed by atoms with Gasteiger partial charge in [-0.1, -0.05) is 18.2 Å². The lowest BCUT2D eigenvalue weighted by Gasteiger charge is -2.30. The molecule has 0 saturated carbocycles. The molecular weight excluding hydrogens is 196 g/mol. The number of carbonyl (C=O) groups is 1. The van der Waals surface area contributed by atoms with Crippen LogP contribution in [-0.2, 0) is 13.8 Å². The van der Waals surface area contributed by atoms with E-state index in [0.717, 1.165) is 0 Å². The first-order valence-corrected chi connectivity index (χ1v) is 3.91. The molecule has 4 nitrogen and oxygen atoms in total. The molecule has 1 aliphatic rings. The summed E-state index contributed by atoms with van der Waals surface area (Å²) in [4.78, 5) is 10.8. The maximum atomic E-state index is 10.8. The minimum absolute atomic E-state index is 0.931. The zero-order valence-corrected chi connectivity index (χ0v) is 7.69. The van der Waals surface area contributed by atoms with Crippen molar-refractivity contribution in [1.82, 2.24) is 0 Å². The molecule has 0 bridgehead atoms. The standard InChI is InChI=1S/C8H9ClO4/c1-12-8(13-9)5-3-2-4-6(8)7(10)11/h2-6H,1H3,(H,10,11). The average molecular weight is 205 g/mol. The van der Waals surface area contributed by atoms with Gasteiger partial charge in [0.15, 0.2) is 0 Å². The van der Waals surface area contributed by atoms with Crippen LogP contribution in [0.4, 0.5) is 0 Å². The lowest BCUT2D eigenvalue weighted by molar-refractivity contribution is -0.176. The molecule has 1 rings (SSSR count). The highest BCUT2D eigenvalue weighted by atomic mass is 35.5. The van der Waals surface area contributed by atoms with Crippen molar-refractivity contribution in [1.29, 1.82) is 0 Å². The van der Waals surface area contributed by atoms with E-state index in [1.165, 1.54) is 19.3 Å². The first-order chi connectivity index (χ1) is 6.16. The molecule has 2 atom stereocenters. The third kappa shape index (κ3) is 1.75. The van der Waals surface area contributed by atoms with Crippen molar-refractivity contribution in [2.75, 3.05) is 7.11 Å². The largest absolute Gasteiger partial charge is 0.481 e. The number of halogens is 1. The Hall–Kier alpha value is -0.840. The van der Waals surface area contributed by atoms with Crippen LogP contribution in [0.2, 0.25) is 0 Å². The molecule has 0 spiro atoms. The Bertz CT molecular complexity index is 255. The number of carboxylic acid groups (broad SMARTS) is 1. The predicted molar refractivity (Wildman–Crippen MR) is 46.1 cm³/mol. The first-order valence-electron chi connectivity index (χ1n) is 3.60. The van der Waals surface area contributed by atoms with E-state index in [1.54, 1.807) is 12.2 Å². The van der Waals surface area contributed by atoms with Gasteiger partial charge in [0.25, 0.3) is 0 Å². The summed E-state index contributed by atoms with van der Waals surface area (Å²) in [7, 11) is 1.34. The van der Waals surface area contributed by atoms with Gasteiger partial charge >= 0.3 is 5.97 Å². The number of ether oxygens (including phenoxy) is 1. The summed E-state index contributed by atoms with van der Waals surface area (Å²) in [6, 6.07) is 0. The molecule has 0 aliphatic heterocycles. The Balaban J connectivity index is 2.98. The number of hydrogen-bond acceptors (Lipinski definition) is 3. The van der Waals surface area contributed by atoms with Gasteiger partial charge in [0.1, 0.15) is 5.92 Å². The van der Waals surface area contributed by atoms with Crippen molar-refractivity contribution in [2.45, 2.75) is 5.79 Å². The van der Waals surface area contributed by atoms with Gasteiger partial charge in [-0.05, 0) is 6.08 Å². The fraction of sp³-hybridized carbons (Fsp3) is 0.375. The fourth-order valence-electron chi connectivity index (χ4n) is 1.16. The third-order valence-electron chi connectivity index (χ3n) is 1.88. The molecule has 0 radical (unpaired) electrons. The summed E-state index contributed by atoms with van der Waals surface area (Å²) in [6.07, 6.45) is 6.13. The summed E-state index contributed by atoms with van der Waals surface area (Å²) < 4.78 is 9.46. The summed E-state index contributed by atoms with van der Waals surface area (Å²) in [6.45, 7) is 0. The summed E-state index contributed by atoms with van der Waals surface area (Å²) in [5.41, 5.74) is 0. The molecule has 5 heteroatoms.